The van der Waals surface area contributed by atoms with E-state index in [4.69, 9.17) is 17.3 Å². The van der Waals surface area contributed by atoms with Gasteiger partial charge in [-0.3, -0.25) is 9.59 Å². The second-order valence-corrected chi connectivity index (χ2v) is 4.26. The van der Waals surface area contributed by atoms with Crippen molar-refractivity contribution in [2.75, 3.05) is 0 Å². The number of hydrogen-bond acceptors (Lipinski definition) is 4. The van der Waals surface area contributed by atoms with Gasteiger partial charge < -0.3 is 10.4 Å². The first kappa shape index (κ1) is 9.47. The van der Waals surface area contributed by atoms with Crippen LogP contribution in [0.15, 0.2) is 0 Å². The number of thioether (sulfide) groups is 1. The Bertz CT molecular complexity index is 253. The summed E-state index contributed by atoms with van der Waals surface area (Å²) in [6, 6.07) is 0. The minimum Gasteiger partial charge on any atom is -0.481 e. The third kappa shape index (κ3) is 1.75. The molecule has 0 saturated carbocycles. The molecule has 0 bridgehead atoms. The van der Waals surface area contributed by atoms with E-state index >= 15 is 0 Å². The molecule has 1 aliphatic heterocycles. The van der Waals surface area contributed by atoms with E-state index in [1.807, 2.05) is 0 Å². The van der Waals surface area contributed by atoms with Gasteiger partial charge in [-0.2, -0.15) is 0 Å². The van der Waals surface area contributed by atoms with Crippen LogP contribution in [0.1, 0.15) is 6.92 Å². The van der Waals surface area contributed by atoms with Crippen molar-refractivity contribution in [2.24, 2.45) is 5.92 Å². The fourth-order valence-corrected chi connectivity index (χ4v) is 2.12. The van der Waals surface area contributed by atoms with Crippen LogP contribution in [-0.4, -0.2) is 26.6 Å². The van der Waals surface area contributed by atoms with Gasteiger partial charge in [0.25, 0.3) is 0 Å². The van der Waals surface area contributed by atoms with Gasteiger partial charge in [0.1, 0.15) is 9.57 Å². The zero-order valence-electron chi connectivity index (χ0n) is 6.23. The number of carboxylic acid groups (broad SMARTS) is 1. The highest BCUT2D eigenvalue weighted by Gasteiger charge is 2.36. The highest BCUT2D eigenvalue weighted by molar-refractivity contribution is 8.24. The predicted octanol–water partition coefficient (Wildman–Crippen LogP) is 0.224. The maximum Gasteiger partial charge on any atom is 0.307 e. The topological polar surface area (TPSA) is 66.4 Å². The van der Waals surface area contributed by atoms with E-state index in [9.17, 15) is 9.59 Å². The molecule has 1 fully saturated rings. The van der Waals surface area contributed by atoms with Crippen LogP contribution in [0.2, 0.25) is 0 Å². The fraction of sp³-hybridized carbons (Fsp3) is 0.500. The molecule has 4 nitrogen and oxygen atoms in total. The van der Waals surface area contributed by atoms with Gasteiger partial charge in [-0.1, -0.05) is 30.9 Å². The molecular formula is C6H7NO3S2. The molecule has 66 valence electrons. The lowest BCUT2D eigenvalue weighted by atomic mass is 10.1. The molecular weight excluding hydrogens is 198 g/mol. The third-order valence-corrected chi connectivity index (χ3v) is 3.14. The largest absolute Gasteiger partial charge is 0.481 e. The summed E-state index contributed by atoms with van der Waals surface area (Å²) in [4.78, 5) is 21.5. The normalized spacial score (nSPS) is 25.2. The first-order chi connectivity index (χ1) is 5.52. The number of hydrogen-bond donors (Lipinski definition) is 2. The highest BCUT2D eigenvalue weighted by atomic mass is 32.2. The molecule has 0 radical (unpaired) electrons. The lowest BCUT2D eigenvalue weighted by molar-refractivity contribution is -0.142. The monoisotopic (exact) mass is 205 g/mol. The van der Waals surface area contributed by atoms with Crippen molar-refractivity contribution in [1.29, 1.82) is 0 Å². The molecule has 0 spiro atoms. The maximum atomic E-state index is 11.0. The Morgan fingerprint density at radius 3 is 2.75 bits per heavy atom. The summed E-state index contributed by atoms with van der Waals surface area (Å²) in [5.41, 5.74) is 0. The third-order valence-electron chi connectivity index (χ3n) is 1.56. The van der Waals surface area contributed by atoms with Crippen molar-refractivity contribution < 1.29 is 14.7 Å². The quantitative estimate of drug-likeness (QED) is 0.631. The summed E-state index contributed by atoms with van der Waals surface area (Å²) < 4.78 is 0.359. The molecule has 6 heteroatoms. The lowest BCUT2D eigenvalue weighted by Crippen LogP contribution is -2.32. The molecule has 1 heterocycles. The highest BCUT2D eigenvalue weighted by Crippen LogP contribution is 2.26. The van der Waals surface area contributed by atoms with E-state index in [1.165, 1.54) is 6.92 Å². The number of carboxylic acids is 1. The minimum atomic E-state index is -0.979. The molecule has 0 aliphatic carbocycles. The van der Waals surface area contributed by atoms with Gasteiger partial charge in [0.15, 0.2) is 0 Å². The molecule has 12 heavy (non-hydrogen) atoms. The number of rotatable bonds is 2. The van der Waals surface area contributed by atoms with Crippen molar-refractivity contribution in [3.8, 4) is 0 Å². The molecule has 0 aromatic rings. The first-order valence-corrected chi connectivity index (χ1v) is 4.55. The van der Waals surface area contributed by atoms with Gasteiger partial charge >= 0.3 is 5.97 Å². The van der Waals surface area contributed by atoms with Gasteiger partial charge in [0.2, 0.25) is 5.91 Å². The Balaban J connectivity index is 2.70. The van der Waals surface area contributed by atoms with E-state index < -0.39 is 17.1 Å². The molecule has 1 rings (SSSR count). The van der Waals surface area contributed by atoms with Gasteiger partial charge in [-0.25, -0.2) is 0 Å². The van der Waals surface area contributed by atoms with Crippen LogP contribution in [0.5, 0.6) is 0 Å². The van der Waals surface area contributed by atoms with Crippen molar-refractivity contribution >= 4 is 40.2 Å². The number of carbonyl (C=O) groups excluding carboxylic acids is 1. The van der Waals surface area contributed by atoms with Crippen LogP contribution in [0, 0.1) is 5.92 Å². The second-order valence-electron chi connectivity index (χ2n) is 2.44. The molecule has 0 aromatic carbocycles. The molecule has 1 amide bonds. The van der Waals surface area contributed by atoms with Gasteiger partial charge in [0.05, 0.1) is 5.92 Å². The van der Waals surface area contributed by atoms with Gasteiger partial charge in [-0.15, -0.1) is 0 Å². The summed E-state index contributed by atoms with van der Waals surface area (Å²) in [6.07, 6.45) is 0. The average Bonchev–Trinajstić information content (AvgIpc) is 2.28. The van der Waals surface area contributed by atoms with Gasteiger partial charge in [0, 0.05) is 0 Å². The average molecular weight is 205 g/mol. The molecule has 0 aromatic heterocycles. The summed E-state index contributed by atoms with van der Waals surface area (Å²) in [7, 11) is 0. The lowest BCUT2D eigenvalue weighted by Gasteiger charge is -2.08. The first-order valence-electron chi connectivity index (χ1n) is 3.26. The molecule has 2 atom stereocenters. The van der Waals surface area contributed by atoms with E-state index in [0.29, 0.717) is 4.32 Å². The van der Waals surface area contributed by atoms with Crippen molar-refractivity contribution in [3.63, 3.8) is 0 Å². The number of amides is 1. The van der Waals surface area contributed by atoms with Gasteiger partial charge in [-0.05, 0) is 0 Å². The predicted molar refractivity (Wildman–Crippen MR) is 48.9 cm³/mol. The van der Waals surface area contributed by atoms with Crippen LogP contribution in [0.25, 0.3) is 0 Å². The Hall–Kier alpha value is -0.620. The SMILES string of the molecule is CC(C(=O)O)C1SC(=S)NC1=O. The molecule has 1 saturated heterocycles. The fourth-order valence-electron chi connectivity index (χ4n) is 0.829. The number of carbonyl (C=O) groups is 2. The molecule has 2 unspecified atom stereocenters. The Kier molecular flexibility index (Phi) is 2.69. The van der Waals surface area contributed by atoms with Crippen molar-refractivity contribution in [2.45, 2.75) is 12.2 Å². The zero-order chi connectivity index (χ0) is 9.30. The van der Waals surface area contributed by atoms with E-state index in [1.54, 1.807) is 0 Å². The second kappa shape index (κ2) is 3.40. The number of aliphatic carboxylic acids is 1. The molecule has 2 N–H and O–H groups in total. The summed E-state index contributed by atoms with van der Waals surface area (Å²) >= 11 is 5.82. The van der Waals surface area contributed by atoms with Crippen molar-refractivity contribution in [1.82, 2.24) is 5.32 Å². The van der Waals surface area contributed by atoms with Crippen LogP contribution in [0.4, 0.5) is 0 Å². The van der Waals surface area contributed by atoms with Crippen LogP contribution in [-0.2, 0) is 9.59 Å². The number of thiocarbonyl (C=S) groups is 1. The van der Waals surface area contributed by atoms with Crippen molar-refractivity contribution in [3.05, 3.63) is 0 Å². The zero-order valence-corrected chi connectivity index (χ0v) is 7.87. The van der Waals surface area contributed by atoms with Crippen LogP contribution >= 0.6 is 24.0 Å². The number of nitrogens with one attached hydrogen (secondary N) is 1. The molecule has 1 aliphatic rings. The van der Waals surface area contributed by atoms with Crippen LogP contribution < -0.4 is 5.32 Å². The van der Waals surface area contributed by atoms with Crippen LogP contribution in [0.3, 0.4) is 0 Å². The summed E-state index contributed by atoms with van der Waals surface area (Å²) in [6.45, 7) is 1.49. The Labute approximate surface area is 78.7 Å². The summed E-state index contributed by atoms with van der Waals surface area (Å²) in [5, 5.41) is 10.4. The Morgan fingerprint density at radius 2 is 2.42 bits per heavy atom. The standard InChI is InChI=1S/C6H7NO3S2/c1-2(5(9)10)3-4(8)7-6(11)12-3/h2-3H,1H3,(H,9,10)(H,7,8,11). The minimum absolute atomic E-state index is 0.306. The maximum absolute atomic E-state index is 11.0. The Morgan fingerprint density at radius 1 is 1.83 bits per heavy atom. The van der Waals surface area contributed by atoms with E-state index in [0.717, 1.165) is 11.8 Å². The van der Waals surface area contributed by atoms with E-state index in [2.05, 4.69) is 5.32 Å². The smallest absolute Gasteiger partial charge is 0.307 e. The summed E-state index contributed by atoms with van der Waals surface area (Å²) in [5.74, 6) is -1.98. The van der Waals surface area contributed by atoms with E-state index in [-0.39, 0.29) is 5.91 Å².